The summed E-state index contributed by atoms with van der Waals surface area (Å²) in [5.41, 5.74) is 7.74. The largest absolute Gasteiger partial charge is 0.309 e. The van der Waals surface area contributed by atoms with Crippen molar-refractivity contribution in [3.8, 4) is 33.3 Å². The molecule has 0 aliphatic carbocycles. The van der Waals surface area contributed by atoms with Gasteiger partial charge in [-0.05, 0) is 59.5 Å². The highest BCUT2D eigenvalue weighted by Gasteiger charge is 2.21. The Kier molecular flexibility index (Phi) is 4.96. The number of imidazole rings is 1. The molecule has 0 aliphatic rings. The molecule has 0 N–H and O–H groups in total. The normalized spacial score (nSPS) is 11.6. The Bertz CT molecular complexity index is 2090. The van der Waals surface area contributed by atoms with Crippen molar-refractivity contribution in [1.29, 1.82) is 0 Å². The predicted octanol–water partition coefficient (Wildman–Crippen LogP) is 8.91. The number of rotatable bonds is 4. The highest BCUT2D eigenvalue weighted by Crippen LogP contribution is 2.39. The van der Waals surface area contributed by atoms with E-state index in [2.05, 4.69) is 112 Å². The molecule has 0 amide bonds. The first-order chi connectivity index (χ1) is 19.4. The fourth-order valence-corrected chi connectivity index (χ4v) is 6.32. The van der Waals surface area contributed by atoms with Crippen molar-refractivity contribution < 1.29 is 0 Å². The van der Waals surface area contributed by atoms with Crippen molar-refractivity contribution in [2.75, 3.05) is 0 Å². The van der Waals surface area contributed by atoms with Gasteiger partial charge in [-0.2, -0.15) is 0 Å². The minimum absolute atomic E-state index is 0.853. The summed E-state index contributed by atoms with van der Waals surface area (Å²) in [6, 6.07) is 42.5. The molecular weight excluding hydrogens is 496 g/mol. The van der Waals surface area contributed by atoms with Gasteiger partial charge in [0.15, 0.2) is 0 Å². The van der Waals surface area contributed by atoms with Crippen LogP contribution in [0.4, 0.5) is 0 Å². The fraction of sp³-hybridized carbons (Fsp3) is 0. The summed E-state index contributed by atoms with van der Waals surface area (Å²) in [6.45, 7) is 0. The quantitative estimate of drug-likeness (QED) is 0.233. The van der Waals surface area contributed by atoms with Gasteiger partial charge in [0.1, 0.15) is 11.6 Å². The summed E-state index contributed by atoms with van der Waals surface area (Å²) in [5.74, 6) is 1.74. The molecule has 0 radical (unpaired) electrons. The number of benzene rings is 4. The summed E-state index contributed by atoms with van der Waals surface area (Å²) >= 11 is 1.76. The van der Waals surface area contributed by atoms with Gasteiger partial charge in [0, 0.05) is 33.1 Å². The van der Waals surface area contributed by atoms with Crippen LogP contribution in [0.2, 0.25) is 0 Å². The van der Waals surface area contributed by atoms with E-state index in [1.165, 1.54) is 15.8 Å². The Morgan fingerprint density at radius 1 is 0.564 bits per heavy atom. The maximum Gasteiger partial charge on any atom is 0.146 e. The third-order valence-corrected chi connectivity index (χ3v) is 8.22. The van der Waals surface area contributed by atoms with Gasteiger partial charge < -0.3 is 4.57 Å². The zero-order valence-electron chi connectivity index (χ0n) is 20.9. The van der Waals surface area contributed by atoms with Crippen LogP contribution in [-0.4, -0.2) is 19.1 Å². The SMILES string of the molecule is c1ccc(-c2nc3c4c5ccccc5n(-c5ccc(-c6cccs6)cc5)c4ccc3n2-c2ccccn2)cc1. The first kappa shape index (κ1) is 22.0. The van der Waals surface area contributed by atoms with E-state index in [1.807, 2.05) is 30.5 Å². The van der Waals surface area contributed by atoms with Crippen molar-refractivity contribution in [3.05, 3.63) is 133 Å². The summed E-state index contributed by atoms with van der Waals surface area (Å²) in [7, 11) is 0. The van der Waals surface area contributed by atoms with Gasteiger partial charge in [-0.3, -0.25) is 4.57 Å². The molecule has 8 aromatic rings. The van der Waals surface area contributed by atoms with Gasteiger partial charge in [-0.25, -0.2) is 9.97 Å². The zero-order chi connectivity index (χ0) is 25.8. The molecular formula is C34H22N4S. The molecule has 0 atom stereocenters. The van der Waals surface area contributed by atoms with E-state index in [9.17, 15) is 0 Å². The summed E-state index contributed by atoms with van der Waals surface area (Å²) in [5, 5.41) is 4.46. The Balaban J connectivity index is 1.44. The number of aromatic nitrogens is 4. The Labute approximate surface area is 229 Å². The monoisotopic (exact) mass is 518 g/mol. The number of hydrogen-bond donors (Lipinski definition) is 0. The van der Waals surface area contributed by atoms with Gasteiger partial charge in [-0.1, -0.05) is 72.8 Å². The molecule has 0 saturated carbocycles. The van der Waals surface area contributed by atoms with Crippen LogP contribution in [0, 0.1) is 0 Å². The molecule has 0 fully saturated rings. The predicted molar refractivity (Wildman–Crippen MR) is 162 cm³/mol. The average molecular weight is 519 g/mol. The summed E-state index contributed by atoms with van der Waals surface area (Å²) in [6.07, 6.45) is 1.83. The lowest BCUT2D eigenvalue weighted by Crippen LogP contribution is -1.99. The molecule has 4 aromatic carbocycles. The van der Waals surface area contributed by atoms with Gasteiger partial charge in [0.05, 0.1) is 22.1 Å². The van der Waals surface area contributed by atoms with Crippen molar-refractivity contribution in [3.63, 3.8) is 0 Å². The smallest absolute Gasteiger partial charge is 0.146 e. The van der Waals surface area contributed by atoms with E-state index in [4.69, 9.17) is 9.97 Å². The average Bonchev–Trinajstić information content (AvgIpc) is 3.74. The second-order valence-corrected chi connectivity index (χ2v) is 10.5. The van der Waals surface area contributed by atoms with Gasteiger partial charge in [0.2, 0.25) is 0 Å². The first-order valence-electron chi connectivity index (χ1n) is 12.9. The van der Waals surface area contributed by atoms with E-state index in [0.717, 1.165) is 50.3 Å². The van der Waals surface area contributed by atoms with Crippen LogP contribution < -0.4 is 0 Å². The third-order valence-electron chi connectivity index (χ3n) is 7.30. The van der Waals surface area contributed by atoms with Crippen LogP contribution >= 0.6 is 11.3 Å². The Morgan fingerprint density at radius 3 is 2.15 bits per heavy atom. The number of hydrogen-bond acceptors (Lipinski definition) is 3. The van der Waals surface area contributed by atoms with Crippen molar-refractivity contribution in [2.24, 2.45) is 0 Å². The Hall–Kier alpha value is -5.00. The molecule has 0 aliphatic heterocycles. The van der Waals surface area contributed by atoms with Crippen LogP contribution in [0.3, 0.4) is 0 Å². The molecule has 4 nitrogen and oxygen atoms in total. The standard InChI is InChI=1S/C34H22N4S/c1-2-9-24(10-3-1)34-36-33-29(38(34)31-14-6-7-21-35-31)20-19-28-32(33)26-11-4-5-12-27(26)37(28)25-17-15-23(16-18-25)30-13-8-22-39-30/h1-22H. The highest BCUT2D eigenvalue weighted by atomic mass is 32.1. The first-order valence-corrected chi connectivity index (χ1v) is 13.8. The van der Waals surface area contributed by atoms with Gasteiger partial charge in [0.25, 0.3) is 0 Å². The lowest BCUT2D eigenvalue weighted by Gasteiger charge is -2.10. The molecule has 39 heavy (non-hydrogen) atoms. The number of para-hydroxylation sites is 1. The number of thiophene rings is 1. The van der Waals surface area contributed by atoms with Gasteiger partial charge >= 0.3 is 0 Å². The van der Waals surface area contributed by atoms with E-state index in [1.54, 1.807) is 11.3 Å². The lowest BCUT2D eigenvalue weighted by molar-refractivity contribution is 1.03. The number of fused-ring (bicyclic) bond motifs is 5. The maximum absolute atomic E-state index is 5.30. The minimum Gasteiger partial charge on any atom is -0.309 e. The summed E-state index contributed by atoms with van der Waals surface area (Å²) in [4.78, 5) is 11.3. The van der Waals surface area contributed by atoms with Crippen LogP contribution in [0.15, 0.2) is 133 Å². The maximum atomic E-state index is 5.30. The number of nitrogens with zero attached hydrogens (tertiary/aromatic N) is 4. The molecule has 0 unspecified atom stereocenters. The molecule has 0 bridgehead atoms. The molecule has 0 spiro atoms. The molecule has 8 rings (SSSR count). The molecule has 5 heteroatoms. The second-order valence-electron chi connectivity index (χ2n) is 9.53. The highest BCUT2D eigenvalue weighted by molar-refractivity contribution is 7.13. The van der Waals surface area contributed by atoms with E-state index < -0.39 is 0 Å². The zero-order valence-corrected chi connectivity index (χ0v) is 21.7. The van der Waals surface area contributed by atoms with Crippen molar-refractivity contribution in [1.82, 2.24) is 19.1 Å². The third kappa shape index (κ3) is 3.44. The van der Waals surface area contributed by atoms with E-state index in [-0.39, 0.29) is 0 Å². The van der Waals surface area contributed by atoms with Crippen molar-refractivity contribution in [2.45, 2.75) is 0 Å². The Morgan fingerprint density at radius 2 is 1.36 bits per heavy atom. The van der Waals surface area contributed by atoms with Crippen LogP contribution in [0.25, 0.3) is 66.2 Å². The van der Waals surface area contributed by atoms with Crippen LogP contribution in [0.5, 0.6) is 0 Å². The summed E-state index contributed by atoms with van der Waals surface area (Å²) < 4.78 is 4.52. The molecule has 4 heterocycles. The van der Waals surface area contributed by atoms with Crippen LogP contribution in [0.1, 0.15) is 0 Å². The van der Waals surface area contributed by atoms with Gasteiger partial charge in [-0.15, -0.1) is 11.3 Å². The number of pyridine rings is 1. The molecule has 0 saturated heterocycles. The van der Waals surface area contributed by atoms with Crippen molar-refractivity contribution >= 4 is 44.2 Å². The second kappa shape index (κ2) is 8.79. The molecule has 4 aromatic heterocycles. The minimum atomic E-state index is 0.853. The van der Waals surface area contributed by atoms with E-state index in [0.29, 0.717) is 0 Å². The van der Waals surface area contributed by atoms with E-state index >= 15 is 0 Å². The van der Waals surface area contributed by atoms with Crippen LogP contribution in [-0.2, 0) is 0 Å². The fourth-order valence-electron chi connectivity index (χ4n) is 5.59. The topological polar surface area (TPSA) is 35.6 Å². The molecule has 184 valence electrons. The lowest BCUT2D eigenvalue weighted by atomic mass is 10.1.